The van der Waals surface area contributed by atoms with Crippen LogP contribution in [0.5, 0.6) is 0 Å². The number of anilines is 1. The molecule has 1 aliphatic heterocycles. The van der Waals surface area contributed by atoms with Crippen LogP contribution in [0.4, 0.5) is 5.69 Å². The highest BCUT2D eigenvalue weighted by molar-refractivity contribution is 5.95. The van der Waals surface area contributed by atoms with Crippen molar-refractivity contribution in [2.75, 3.05) is 25.0 Å². The van der Waals surface area contributed by atoms with Gasteiger partial charge in [0.25, 0.3) is 5.91 Å². The van der Waals surface area contributed by atoms with Crippen LogP contribution in [-0.2, 0) is 25.5 Å². The second-order valence-electron chi connectivity index (χ2n) is 7.40. The SMILES string of the molecule is Cc1cccc(C)c1NC(=O)COC(=O)[C@@H]1CC(=O)N(CCc2ccccc2)C1. The predicted octanol–water partition coefficient (Wildman–Crippen LogP) is 2.88. The summed E-state index contributed by atoms with van der Waals surface area (Å²) in [6.45, 7) is 4.36. The summed E-state index contributed by atoms with van der Waals surface area (Å²) in [5.41, 5.74) is 3.77. The fourth-order valence-electron chi connectivity index (χ4n) is 3.50. The zero-order chi connectivity index (χ0) is 20.8. The Bertz CT molecular complexity index is 875. The molecule has 1 N–H and O–H groups in total. The largest absolute Gasteiger partial charge is 0.455 e. The quantitative estimate of drug-likeness (QED) is 0.733. The molecule has 1 heterocycles. The van der Waals surface area contributed by atoms with Crippen molar-refractivity contribution in [1.29, 1.82) is 0 Å². The van der Waals surface area contributed by atoms with Crippen molar-refractivity contribution in [3.8, 4) is 0 Å². The second kappa shape index (κ2) is 9.37. The molecule has 1 saturated heterocycles. The molecule has 0 unspecified atom stereocenters. The minimum absolute atomic E-state index is 0.0529. The summed E-state index contributed by atoms with van der Waals surface area (Å²) < 4.78 is 5.17. The van der Waals surface area contributed by atoms with Crippen molar-refractivity contribution in [2.45, 2.75) is 26.7 Å². The maximum absolute atomic E-state index is 12.3. The lowest BCUT2D eigenvalue weighted by Gasteiger charge is -2.16. The first-order valence-corrected chi connectivity index (χ1v) is 9.78. The molecule has 0 aromatic heterocycles. The summed E-state index contributed by atoms with van der Waals surface area (Å²) in [7, 11) is 0. The third kappa shape index (κ3) is 5.44. The zero-order valence-corrected chi connectivity index (χ0v) is 16.8. The molecule has 0 spiro atoms. The first-order valence-electron chi connectivity index (χ1n) is 9.78. The Labute approximate surface area is 170 Å². The van der Waals surface area contributed by atoms with Crippen LogP contribution in [0.25, 0.3) is 0 Å². The third-order valence-electron chi connectivity index (χ3n) is 5.15. The molecule has 6 heteroatoms. The predicted molar refractivity (Wildman–Crippen MR) is 110 cm³/mol. The fraction of sp³-hybridized carbons (Fsp3) is 0.348. The highest BCUT2D eigenvalue weighted by Crippen LogP contribution is 2.21. The average molecular weight is 394 g/mol. The first kappa shape index (κ1) is 20.6. The molecular formula is C23H26N2O4. The summed E-state index contributed by atoms with van der Waals surface area (Å²) in [5.74, 6) is -1.47. The van der Waals surface area contributed by atoms with Crippen LogP contribution in [0, 0.1) is 19.8 Å². The van der Waals surface area contributed by atoms with Gasteiger partial charge in [-0.3, -0.25) is 14.4 Å². The van der Waals surface area contributed by atoms with Gasteiger partial charge in [0.2, 0.25) is 5.91 Å². The van der Waals surface area contributed by atoms with Crippen LogP contribution >= 0.6 is 0 Å². The van der Waals surface area contributed by atoms with Crippen LogP contribution < -0.4 is 5.32 Å². The first-order chi connectivity index (χ1) is 13.9. The van der Waals surface area contributed by atoms with E-state index in [1.807, 2.05) is 62.4 Å². The van der Waals surface area contributed by atoms with E-state index in [9.17, 15) is 14.4 Å². The van der Waals surface area contributed by atoms with Crippen LogP contribution in [0.3, 0.4) is 0 Å². The van der Waals surface area contributed by atoms with Crippen molar-refractivity contribution in [2.24, 2.45) is 5.92 Å². The summed E-state index contributed by atoms with van der Waals surface area (Å²) in [6.07, 6.45) is 0.874. The van der Waals surface area contributed by atoms with Gasteiger partial charge in [0, 0.05) is 25.2 Å². The number of nitrogens with zero attached hydrogens (tertiary/aromatic N) is 1. The number of aryl methyl sites for hydroxylation is 2. The van der Waals surface area contributed by atoms with Crippen LogP contribution in [0.2, 0.25) is 0 Å². The lowest BCUT2D eigenvalue weighted by Crippen LogP contribution is -2.29. The number of hydrogen-bond acceptors (Lipinski definition) is 4. The number of esters is 1. The summed E-state index contributed by atoms with van der Waals surface area (Å²) >= 11 is 0. The molecule has 1 aliphatic rings. The Morgan fingerprint density at radius 2 is 1.76 bits per heavy atom. The molecule has 6 nitrogen and oxygen atoms in total. The van der Waals surface area contributed by atoms with E-state index in [2.05, 4.69) is 5.32 Å². The third-order valence-corrected chi connectivity index (χ3v) is 5.15. The molecule has 0 aliphatic carbocycles. The lowest BCUT2D eigenvalue weighted by atomic mass is 10.1. The van der Waals surface area contributed by atoms with Gasteiger partial charge in [-0.2, -0.15) is 0 Å². The number of ether oxygens (including phenoxy) is 1. The monoisotopic (exact) mass is 394 g/mol. The van der Waals surface area contributed by atoms with E-state index in [4.69, 9.17) is 4.74 Å². The lowest BCUT2D eigenvalue weighted by molar-refractivity contribution is -0.151. The Hall–Kier alpha value is -3.15. The van der Waals surface area contributed by atoms with Gasteiger partial charge in [-0.1, -0.05) is 48.5 Å². The molecule has 2 amide bonds. The van der Waals surface area contributed by atoms with E-state index in [0.717, 1.165) is 28.8 Å². The van der Waals surface area contributed by atoms with Crippen molar-refractivity contribution in [3.63, 3.8) is 0 Å². The smallest absolute Gasteiger partial charge is 0.311 e. The average Bonchev–Trinajstić information content (AvgIpc) is 3.09. The van der Waals surface area contributed by atoms with Crippen LogP contribution in [-0.4, -0.2) is 42.4 Å². The molecule has 3 rings (SSSR count). The number of nitrogens with one attached hydrogen (secondary N) is 1. The van der Waals surface area contributed by atoms with Gasteiger partial charge in [0.05, 0.1) is 5.92 Å². The minimum Gasteiger partial charge on any atom is -0.455 e. The van der Waals surface area contributed by atoms with Crippen molar-refractivity contribution in [3.05, 3.63) is 65.2 Å². The normalized spacial score (nSPS) is 16.0. The van der Waals surface area contributed by atoms with Gasteiger partial charge in [-0.15, -0.1) is 0 Å². The summed E-state index contributed by atoms with van der Waals surface area (Å²) in [5, 5.41) is 2.79. The number of amides is 2. The molecule has 29 heavy (non-hydrogen) atoms. The molecule has 2 aromatic rings. The number of para-hydroxylation sites is 1. The standard InChI is InChI=1S/C23H26N2O4/c1-16-7-6-8-17(2)22(16)24-20(26)15-29-23(28)19-13-21(27)25(14-19)12-11-18-9-4-3-5-10-18/h3-10,19H,11-15H2,1-2H3,(H,24,26)/t19-/m1/s1. The highest BCUT2D eigenvalue weighted by atomic mass is 16.5. The number of carbonyl (C=O) groups excluding carboxylic acids is 3. The Kier molecular flexibility index (Phi) is 6.65. The van der Waals surface area contributed by atoms with Gasteiger partial charge < -0.3 is 15.0 Å². The van der Waals surface area contributed by atoms with Crippen molar-refractivity contribution < 1.29 is 19.1 Å². The molecule has 152 valence electrons. The van der Waals surface area contributed by atoms with E-state index < -0.39 is 11.9 Å². The molecule has 1 atom stereocenters. The number of rotatable bonds is 7. The van der Waals surface area contributed by atoms with Gasteiger partial charge in [0.15, 0.2) is 6.61 Å². The Morgan fingerprint density at radius 3 is 2.45 bits per heavy atom. The molecule has 1 fully saturated rings. The fourth-order valence-corrected chi connectivity index (χ4v) is 3.50. The molecule has 0 bridgehead atoms. The molecule has 2 aromatic carbocycles. The highest BCUT2D eigenvalue weighted by Gasteiger charge is 2.35. The van der Waals surface area contributed by atoms with Gasteiger partial charge in [0.1, 0.15) is 0 Å². The van der Waals surface area contributed by atoms with E-state index >= 15 is 0 Å². The van der Waals surface area contributed by atoms with E-state index in [1.54, 1.807) is 4.90 Å². The zero-order valence-electron chi connectivity index (χ0n) is 16.8. The number of likely N-dealkylation sites (tertiary alicyclic amines) is 1. The number of carbonyl (C=O) groups is 3. The van der Waals surface area contributed by atoms with Crippen LogP contribution in [0.1, 0.15) is 23.1 Å². The van der Waals surface area contributed by atoms with Crippen LogP contribution in [0.15, 0.2) is 48.5 Å². The topological polar surface area (TPSA) is 75.7 Å². The van der Waals surface area contributed by atoms with Gasteiger partial charge >= 0.3 is 5.97 Å². The Morgan fingerprint density at radius 1 is 1.07 bits per heavy atom. The number of hydrogen-bond donors (Lipinski definition) is 1. The number of benzene rings is 2. The van der Waals surface area contributed by atoms with E-state index in [0.29, 0.717) is 13.1 Å². The van der Waals surface area contributed by atoms with Crippen molar-refractivity contribution in [1.82, 2.24) is 4.90 Å². The summed E-state index contributed by atoms with van der Waals surface area (Å²) in [6, 6.07) is 15.6. The van der Waals surface area contributed by atoms with E-state index in [-0.39, 0.29) is 24.8 Å². The molecule has 0 saturated carbocycles. The molecular weight excluding hydrogens is 368 g/mol. The van der Waals surface area contributed by atoms with E-state index in [1.165, 1.54) is 0 Å². The maximum atomic E-state index is 12.3. The Balaban J connectivity index is 1.46. The molecule has 0 radical (unpaired) electrons. The minimum atomic E-state index is -0.522. The van der Waals surface area contributed by atoms with Gasteiger partial charge in [-0.05, 0) is 37.0 Å². The van der Waals surface area contributed by atoms with Crippen molar-refractivity contribution >= 4 is 23.5 Å². The van der Waals surface area contributed by atoms with Gasteiger partial charge in [-0.25, -0.2) is 0 Å². The summed E-state index contributed by atoms with van der Waals surface area (Å²) in [4.78, 5) is 38.4. The maximum Gasteiger partial charge on any atom is 0.311 e. The second-order valence-corrected chi connectivity index (χ2v) is 7.40.